The van der Waals surface area contributed by atoms with E-state index in [4.69, 9.17) is 9.47 Å². The molecule has 0 aromatic heterocycles. The molecule has 0 atom stereocenters. The number of rotatable bonds is 8. The van der Waals surface area contributed by atoms with Crippen molar-refractivity contribution in [2.24, 2.45) is 0 Å². The minimum absolute atomic E-state index is 0.0552. The summed E-state index contributed by atoms with van der Waals surface area (Å²) < 4.78 is 11.5. The molecule has 0 saturated heterocycles. The van der Waals surface area contributed by atoms with Gasteiger partial charge in [-0.15, -0.1) is 0 Å². The van der Waals surface area contributed by atoms with Crippen molar-refractivity contribution in [3.05, 3.63) is 71.8 Å². The van der Waals surface area contributed by atoms with E-state index in [0.29, 0.717) is 29.3 Å². The number of benzene rings is 3. The summed E-state index contributed by atoms with van der Waals surface area (Å²) in [6, 6.07) is 17.8. The SMILES string of the molecule is CCCNC(=O)Nc1cc(-c2ccc(OC)c(C(=O)O)c2)ccc1Oc1ccccc1C(C)(C)C. The third kappa shape index (κ3) is 6.32. The van der Waals surface area contributed by atoms with Crippen LogP contribution in [-0.4, -0.2) is 30.8 Å². The molecule has 2 amide bonds. The van der Waals surface area contributed by atoms with E-state index in [1.807, 2.05) is 37.3 Å². The average molecular weight is 477 g/mol. The molecule has 0 fully saturated rings. The Labute approximate surface area is 206 Å². The molecule has 0 heterocycles. The molecule has 3 aromatic carbocycles. The molecule has 3 rings (SSSR count). The number of nitrogens with one attached hydrogen (secondary N) is 2. The minimum atomic E-state index is -1.08. The standard InChI is InChI=1S/C28H32N2O5/c1-6-15-29-27(33)30-22-17-19(18-11-13-23(34-5)20(16-18)26(31)32)12-14-25(22)35-24-10-8-7-9-21(24)28(2,3)4/h7-14,16-17H,6,15H2,1-5H3,(H,31,32)(H2,29,30,33). The molecule has 0 aliphatic carbocycles. The van der Waals surface area contributed by atoms with Crippen molar-refractivity contribution in [1.82, 2.24) is 5.32 Å². The van der Waals surface area contributed by atoms with E-state index in [-0.39, 0.29) is 22.8 Å². The van der Waals surface area contributed by atoms with Gasteiger partial charge in [0.2, 0.25) is 0 Å². The van der Waals surface area contributed by atoms with Gasteiger partial charge in [-0.25, -0.2) is 9.59 Å². The first-order valence-corrected chi connectivity index (χ1v) is 11.5. The van der Waals surface area contributed by atoms with E-state index < -0.39 is 5.97 Å². The highest BCUT2D eigenvalue weighted by Crippen LogP contribution is 2.39. The van der Waals surface area contributed by atoms with Gasteiger partial charge < -0.3 is 25.2 Å². The van der Waals surface area contributed by atoms with E-state index in [9.17, 15) is 14.7 Å². The maximum absolute atomic E-state index is 12.5. The lowest BCUT2D eigenvalue weighted by Crippen LogP contribution is -2.29. The van der Waals surface area contributed by atoms with Gasteiger partial charge in [-0.2, -0.15) is 0 Å². The zero-order chi connectivity index (χ0) is 25.6. The molecular weight excluding hydrogens is 444 g/mol. The summed E-state index contributed by atoms with van der Waals surface area (Å²) in [4.78, 5) is 24.2. The van der Waals surface area contributed by atoms with Gasteiger partial charge in [-0.3, -0.25) is 0 Å². The molecule has 0 aliphatic heterocycles. The van der Waals surface area contributed by atoms with Gasteiger partial charge in [0.1, 0.15) is 17.1 Å². The van der Waals surface area contributed by atoms with E-state index in [2.05, 4.69) is 31.4 Å². The molecular formula is C28H32N2O5. The minimum Gasteiger partial charge on any atom is -0.496 e. The number of carbonyl (C=O) groups excluding carboxylic acids is 1. The Balaban J connectivity index is 2.05. The predicted octanol–water partition coefficient (Wildman–Crippen LogP) is 6.68. The lowest BCUT2D eigenvalue weighted by molar-refractivity contribution is 0.0693. The van der Waals surface area contributed by atoms with Crippen LogP contribution < -0.4 is 20.1 Å². The fraction of sp³-hybridized carbons (Fsp3) is 0.286. The van der Waals surface area contributed by atoms with Crippen LogP contribution in [0, 0.1) is 0 Å². The zero-order valence-electron chi connectivity index (χ0n) is 20.8. The summed E-state index contributed by atoms with van der Waals surface area (Å²) in [7, 11) is 1.43. The number of hydrogen-bond acceptors (Lipinski definition) is 4. The molecule has 0 bridgehead atoms. The number of methoxy groups -OCH3 is 1. The van der Waals surface area contributed by atoms with Gasteiger partial charge >= 0.3 is 12.0 Å². The highest BCUT2D eigenvalue weighted by Gasteiger charge is 2.20. The Bertz CT molecular complexity index is 1210. The van der Waals surface area contributed by atoms with Gasteiger partial charge in [0, 0.05) is 12.1 Å². The highest BCUT2D eigenvalue weighted by molar-refractivity contribution is 5.94. The first kappa shape index (κ1) is 25.6. The summed E-state index contributed by atoms with van der Waals surface area (Å²) in [5.41, 5.74) is 2.80. The highest BCUT2D eigenvalue weighted by atomic mass is 16.5. The average Bonchev–Trinajstić information content (AvgIpc) is 2.83. The third-order valence-electron chi connectivity index (χ3n) is 5.44. The summed E-state index contributed by atoms with van der Waals surface area (Å²) in [6.45, 7) is 8.84. The summed E-state index contributed by atoms with van der Waals surface area (Å²) in [5, 5.41) is 15.2. The van der Waals surface area contributed by atoms with Gasteiger partial charge in [-0.05, 0) is 53.3 Å². The van der Waals surface area contributed by atoms with Crippen LogP contribution in [0.25, 0.3) is 11.1 Å². The number of carboxylic acid groups (broad SMARTS) is 1. The second kappa shape index (κ2) is 11.0. The van der Waals surface area contributed by atoms with Crippen LogP contribution in [0.15, 0.2) is 60.7 Å². The van der Waals surface area contributed by atoms with Gasteiger partial charge in [0.15, 0.2) is 5.75 Å². The topological polar surface area (TPSA) is 96.9 Å². The summed E-state index contributed by atoms with van der Waals surface area (Å²) in [5.74, 6) is 0.364. The molecule has 3 N–H and O–H groups in total. The molecule has 7 nitrogen and oxygen atoms in total. The second-order valence-electron chi connectivity index (χ2n) is 9.16. The van der Waals surface area contributed by atoms with Crippen molar-refractivity contribution in [3.8, 4) is 28.4 Å². The number of para-hydroxylation sites is 1. The van der Waals surface area contributed by atoms with Crippen molar-refractivity contribution in [3.63, 3.8) is 0 Å². The number of anilines is 1. The number of aromatic carboxylic acids is 1. The largest absolute Gasteiger partial charge is 0.496 e. The second-order valence-corrected chi connectivity index (χ2v) is 9.16. The Morgan fingerprint density at radius 1 is 0.914 bits per heavy atom. The zero-order valence-corrected chi connectivity index (χ0v) is 20.8. The van der Waals surface area contributed by atoms with Crippen LogP contribution >= 0.6 is 0 Å². The number of carboxylic acids is 1. The Kier molecular flexibility index (Phi) is 8.02. The van der Waals surface area contributed by atoms with E-state index in [1.165, 1.54) is 7.11 Å². The smallest absolute Gasteiger partial charge is 0.339 e. The molecule has 0 radical (unpaired) electrons. The van der Waals surface area contributed by atoms with Crippen LogP contribution in [0.4, 0.5) is 10.5 Å². The first-order valence-electron chi connectivity index (χ1n) is 11.5. The summed E-state index contributed by atoms with van der Waals surface area (Å²) in [6.07, 6.45) is 0.805. The fourth-order valence-corrected chi connectivity index (χ4v) is 3.65. The number of carbonyl (C=O) groups is 2. The monoisotopic (exact) mass is 476 g/mol. The van der Waals surface area contributed by atoms with Gasteiger partial charge in [0.05, 0.1) is 12.8 Å². The lowest BCUT2D eigenvalue weighted by atomic mass is 9.86. The van der Waals surface area contributed by atoms with Crippen molar-refractivity contribution in [2.45, 2.75) is 39.5 Å². The predicted molar refractivity (Wildman–Crippen MR) is 138 cm³/mol. The molecule has 184 valence electrons. The van der Waals surface area contributed by atoms with Crippen molar-refractivity contribution in [1.29, 1.82) is 0 Å². The Hall–Kier alpha value is -4.00. The molecule has 0 saturated carbocycles. The van der Waals surface area contributed by atoms with Crippen LogP contribution in [0.1, 0.15) is 50.0 Å². The molecule has 35 heavy (non-hydrogen) atoms. The maximum atomic E-state index is 12.5. The van der Waals surface area contributed by atoms with E-state index in [0.717, 1.165) is 17.5 Å². The quantitative estimate of drug-likeness (QED) is 0.337. The molecule has 3 aromatic rings. The van der Waals surface area contributed by atoms with Crippen molar-refractivity contribution < 1.29 is 24.2 Å². The lowest BCUT2D eigenvalue weighted by Gasteiger charge is -2.23. The Morgan fingerprint density at radius 3 is 2.20 bits per heavy atom. The maximum Gasteiger partial charge on any atom is 0.339 e. The normalized spacial score (nSPS) is 11.0. The van der Waals surface area contributed by atoms with Crippen molar-refractivity contribution in [2.75, 3.05) is 19.0 Å². The Morgan fingerprint density at radius 2 is 1.57 bits per heavy atom. The molecule has 0 aliphatic rings. The molecule has 7 heteroatoms. The van der Waals surface area contributed by atoms with Crippen LogP contribution in [-0.2, 0) is 5.41 Å². The molecule has 0 spiro atoms. The van der Waals surface area contributed by atoms with Crippen LogP contribution in [0.5, 0.6) is 17.2 Å². The van der Waals surface area contributed by atoms with Crippen molar-refractivity contribution >= 4 is 17.7 Å². The fourth-order valence-electron chi connectivity index (χ4n) is 3.65. The number of urea groups is 1. The number of amides is 2. The number of ether oxygens (including phenoxy) is 2. The number of hydrogen-bond donors (Lipinski definition) is 3. The van der Waals surface area contributed by atoms with Gasteiger partial charge in [0.25, 0.3) is 0 Å². The van der Waals surface area contributed by atoms with E-state index >= 15 is 0 Å². The molecule has 0 unspecified atom stereocenters. The summed E-state index contributed by atoms with van der Waals surface area (Å²) >= 11 is 0. The first-order chi connectivity index (χ1) is 16.6. The van der Waals surface area contributed by atoms with Crippen LogP contribution in [0.3, 0.4) is 0 Å². The van der Waals surface area contributed by atoms with E-state index in [1.54, 1.807) is 30.3 Å². The van der Waals surface area contributed by atoms with Crippen LogP contribution in [0.2, 0.25) is 0 Å². The third-order valence-corrected chi connectivity index (χ3v) is 5.44. The van der Waals surface area contributed by atoms with Gasteiger partial charge in [-0.1, -0.05) is 58.0 Å².